The fourth-order valence-electron chi connectivity index (χ4n) is 1.90. The van der Waals surface area contributed by atoms with Crippen molar-refractivity contribution in [1.29, 1.82) is 5.26 Å². The van der Waals surface area contributed by atoms with E-state index in [2.05, 4.69) is 5.32 Å². The summed E-state index contributed by atoms with van der Waals surface area (Å²) in [6.45, 7) is 0.473. The lowest BCUT2D eigenvalue weighted by Gasteiger charge is -2.12. The van der Waals surface area contributed by atoms with Crippen molar-refractivity contribution >= 4 is 17.5 Å². The lowest BCUT2D eigenvalue weighted by atomic mass is 10.2. The van der Waals surface area contributed by atoms with Crippen LogP contribution in [0.3, 0.4) is 0 Å². The number of carbonyl (C=O) groups excluding carboxylic acids is 1. The van der Waals surface area contributed by atoms with Gasteiger partial charge in [0.15, 0.2) is 0 Å². The number of nitrogens with one attached hydrogen (secondary N) is 1. The third-order valence-corrected chi connectivity index (χ3v) is 3.28. The second kappa shape index (κ2) is 8.16. The molecule has 0 heterocycles. The molecule has 0 atom stereocenters. The summed E-state index contributed by atoms with van der Waals surface area (Å²) in [7, 11) is 0. The van der Waals surface area contributed by atoms with Crippen LogP contribution in [-0.4, -0.2) is 5.91 Å². The van der Waals surface area contributed by atoms with Crippen LogP contribution in [0.5, 0.6) is 5.75 Å². The molecule has 0 unspecified atom stereocenters. The molecule has 0 saturated heterocycles. The van der Waals surface area contributed by atoms with E-state index in [0.29, 0.717) is 16.3 Å². The lowest BCUT2D eigenvalue weighted by molar-refractivity contribution is -0.120. The highest BCUT2D eigenvalue weighted by atomic mass is 35.5. The Balaban J connectivity index is 2.04. The Bertz CT molecular complexity index is 726. The standard InChI is InChI=1S/C17H14ClFN2O2/c18-14-3-6-16(13(9-14)10-21-17(22)7-8-20)23-11-12-1-4-15(19)5-2-12/h1-6,9H,7,10-11H2,(H,21,22). The monoisotopic (exact) mass is 332 g/mol. The molecule has 0 radical (unpaired) electrons. The van der Waals surface area contributed by atoms with Gasteiger partial charge in [0.25, 0.3) is 0 Å². The number of benzene rings is 2. The molecule has 0 fully saturated rings. The van der Waals surface area contributed by atoms with Crippen LogP contribution in [0.4, 0.5) is 4.39 Å². The van der Waals surface area contributed by atoms with Crippen molar-refractivity contribution in [3.63, 3.8) is 0 Å². The maximum Gasteiger partial charge on any atom is 0.234 e. The van der Waals surface area contributed by atoms with Gasteiger partial charge in [0.1, 0.15) is 24.6 Å². The average Bonchev–Trinajstić information content (AvgIpc) is 2.54. The molecule has 6 heteroatoms. The van der Waals surface area contributed by atoms with Crippen molar-refractivity contribution in [1.82, 2.24) is 5.32 Å². The molecular formula is C17H14ClFN2O2. The van der Waals surface area contributed by atoms with Gasteiger partial charge in [-0.1, -0.05) is 23.7 Å². The van der Waals surface area contributed by atoms with Gasteiger partial charge in [-0.25, -0.2) is 4.39 Å². The zero-order valence-corrected chi connectivity index (χ0v) is 12.9. The van der Waals surface area contributed by atoms with Gasteiger partial charge in [0.05, 0.1) is 6.07 Å². The number of hydrogen-bond acceptors (Lipinski definition) is 3. The summed E-state index contributed by atoms with van der Waals surface area (Å²) in [5.41, 5.74) is 1.52. The molecular weight excluding hydrogens is 319 g/mol. The summed E-state index contributed by atoms with van der Waals surface area (Å²) in [5, 5.41) is 11.6. The van der Waals surface area contributed by atoms with E-state index in [1.54, 1.807) is 36.4 Å². The lowest BCUT2D eigenvalue weighted by Crippen LogP contribution is -2.22. The van der Waals surface area contributed by atoms with Crippen LogP contribution in [0.1, 0.15) is 17.5 Å². The number of nitrogens with zero attached hydrogens (tertiary/aromatic N) is 1. The molecule has 0 aliphatic carbocycles. The average molecular weight is 333 g/mol. The van der Waals surface area contributed by atoms with Gasteiger partial charge in [0.2, 0.25) is 5.91 Å². The Morgan fingerprint density at radius 3 is 2.70 bits per heavy atom. The topological polar surface area (TPSA) is 62.1 Å². The molecule has 0 saturated carbocycles. The first kappa shape index (κ1) is 16.8. The number of amides is 1. The van der Waals surface area contributed by atoms with E-state index in [1.165, 1.54) is 12.1 Å². The van der Waals surface area contributed by atoms with E-state index in [-0.39, 0.29) is 31.3 Å². The highest BCUT2D eigenvalue weighted by molar-refractivity contribution is 6.30. The normalized spacial score (nSPS) is 9.96. The second-order valence-corrected chi connectivity index (χ2v) is 5.22. The summed E-state index contributed by atoms with van der Waals surface area (Å²) in [6, 6.07) is 12.9. The van der Waals surface area contributed by atoms with Crippen molar-refractivity contribution < 1.29 is 13.9 Å². The predicted octanol–water partition coefficient (Wildman–Crippen LogP) is 3.59. The molecule has 2 rings (SSSR count). The Morgan fingerprint density at radius 2 is 2.00 bits per heavy atom. The number of hydrogen-bond donors (Lipinski definition) is 1. The third-order valence-electron chi connectivity index (χ3n) is 3.05. The molecule has 0 bridgehead atoms. The summed E-state index contributed by atoms with van der Waals surface area (Å²) in [4.78, 5) is 11.4. The number of halogens is 2. The molecule has 23 heavy (non-hydrogen) atoms. The van der Waals surface area contributed by atoms with Crippen molar-refractivity contribution in [2.45, 2.75) is 19.6 Å². The molecule has 0 aliphatic rings. The van der Waals surface area contributed by atoms with Gasteiger partial charge < -0.3 is 10.1 Å². The van der Waals surface area contributed by atoms with Crippen LogP contribution >= 0.6 is 11.6 Å². The summed E-state index contributed by atoms with van der Waals surface area (Å²) in [6.07, 6.45) is -0.202. The second-order valence-electron chi connectivity index (χ2n) is 4.78. The first-order valence-electron chi connectivity index (χ1n) is 6.88. The van der Waals surface area contributed by atoms with Crippen LogP contribution in [0.25, 0.3) is 0 Å². The van der Waals surface area contributed by atoms with E-state index in [9.17, 15) is 9.18 Å². The number of nitriles is 1. The molecule has 0 aromatic heterocycles. The van der Waals surface area contributed by atoms with Crippen molar-refractivity contribution in [3.05, 3.63) is 64.4 Å². The zero-order valence-electron chi connectivity index (χ0n) is 12.2. The number of rotatable bonds is 6. The van der Waals surface area contributed by atoms with Crippen molar-refractivity contribution in [3.8, 4) is 11.8 Å². The first-order chi connectivity index (χ1) is 11.1. The minimum Gasteiger partial charge on any atom is -0.489 e. The van der Waals surface area contributed by atoms with E-state index < -0.39 is 0 Å². The highest BCUT2D eigenvalue weighted by Crippen LogP contribution is 2.24. The van der Waals surface area contributed by atoms with E-state index in [1.807, 2.05) is 0 Å². The molecule has 0 aliphatic heterocycles. The molecule has 1 N–H and O–H groups in total. The van der Waals surface area contributed by atoms with Gasteiger partial charge in [-0.2, -0.15) is 5.26 Å². The maximum absolute atomic E-state index is 12.9. The van der Waals surface area contributed by atoms with Gasteiger partial charge in [-0.3, -0.25) is 4.79 Å². The Morgan fingerprint density at radius 1 is 1.26 bits per heavy atom. The van der Waals surface area contributed by atoms with Gasteiger partial charge in [-0.05, 0) is 35.9 Å². The summed E-state index contributed by atoms with van der Waals surface area (Å²) in [5.74, 6) is -0.103. The Labute approximate surface area is 138 Å². The number of ether oxygens (including phenoxy) is 1. The van der Waals surface area contributed by atoms with Crippen LogP contribution < -0.4 is 10.1 Å². The van der Waals surface area contributed by atoms with E-state index in [0.717, 1.165) is 5.56 Å². The summed E-state index contributed by atoms with van der Waals surface area (Å²) >= 11 is 5.97. The van der Waals surface area contributed by atoms with Gasteiger partial charge in [-0.15, -0.1) is 0 Å². The third kappa shape index (κ3) is 5.28. The van der Waals surface area contributed by atoms with Gasteiger partial charge in [0, 0.05) is 17.1 Å². The van der Waals surface area contributed by atoms with E-state index in [4.69, 9.17) is 21.6 Å². The molecule has 118 valence electrons. The fraction of sp³-hybridized carbons (Fsp3) is 0.176. The quantitative estimate of drug-likeness (QED) is 0.879. The zero-order chi connectivity index (χ0) is 16.7. The molecule has 4 nitrogen and oxygen atoms in total. The largest absolute Gasteiger partial charge is 0.489 e. The molecule has 2 aromatic carbocycles. The van der Waals surface area contributed by atoms with Crippen LogP contribution in [0.2, 0.25) is 5.02 Å². The maximum atomic E-state index is 12.9. The van der Waals surface area contributed by atoms with Crippen LogP contribution in [-0.2, 0) is 17.9 Å². The minimum atomic E-state index is -0.364. The van der Waals surface area contributed by atoms with Crippen molar-refractivity contribution in [2.24, 2.45) is 0 Å². The molecule has 2 aromatic rings. The van der Waals surface area contributed by atoms with E-state index >= 15 is 0 Å². The van der Waals surface area contributed by atoms with Crippen molar-refractivity contribution in [2.75, 3.05) is 0 Å². The smallest absolute Gasteiger partial charge is 0.234 e. The fourth-order valence-corrected chi connectivity index (χ4v) is 2.09. The highest BCUT2D eigenvalue weighted by Gasteiger charge is 2.08. The predicted molar refractivity (Wildman–Crippen MR) is 84.3 cm³/mol. The van der Waals surface area contributed by atoms with Crippen LogP contribution in [0, 0.1) is 17.1 Å². The van der Waals surface area contributed by atoms with Crippen LogP contribution in [0.15, 0.2) is 42.5 Å². The van der Waals surface area contributed by atoms with Gasteiger partial charge >= 0.3 is 0 Å². The SMILES string of the molecule is N#CCC(=O)NCc1cc(Cl)ccc1OCc1ccc(F)cc1. The summed E-state index contributed by atoms with van der Waals surface area (Å²) < 4.78 is 18.6. The minimum absolute atomic E-state index is 0.202. The Hall–Kier alpha value is -2.58. The first-order valence-corrected chi connectivity index (χ1v) is 7.25. The molecule has 1 amide bonds. The molecule has 0 spiro atoms. The Kier molecular flexibility index (Phi) is 5.95. The number of carbonyl (C=O) groups is 1.